The molecule has 0 aliphatic heterocycles. The summed E-state index contributed by atoms with van der Waals surface area (Å²) >= 11 is 1.35. The molecule has 0 saturated carbocycles. The molecule has 2 aromatic carbocycles. The number of thiazole rings is 1. The third-order valence-corrected chi connectivity index (χ3v) is 7.21. The maximum atomic E-state index is 13.8. The van der Waals surface area contributed by atoms with E-state index in [1.165, 1.54) is 11.3 Å². The number of carbonyl (C=O) groups excluding carboxylic acids is 1. The average Bonchev–Trinajstić information content (AvgIpc) is 3.43. The summed E-state index contributed by atoms with van der Waals surface area (Å²) in [6, 6.07) is 21.0. The number of amides is 1. The minimum absolute atomic E-state index is 0.294. The number of nitrogens with zero attached hydrogens (tertiary/aromatic N) is 3. The molecule has 2 atom stereocenters. The Morgan fingerprint density at radius 1 is 1.08 bits per heavy atom. The van der Waals surface area contributed by atoms with Gasteiger partial charge in [0.05, 0.1) is 25.1 Å². The fourth-order valence-corrected chi connectivity index (χ4v) is 5.37. The fraction of sp³-hybridized carbons (Fsp3) is 0.200. The lowest BCUT2D eigenvalue weighted by Crippen LogP contribution is -2.39. The van der Waals surface area contributed by atoms with Gasteiger partial charge in [0.25, 0.3) is 0 Å². The van der Waals surface area contributed by atoms with Gasteiger partial charge >= 0.3 is 5.97 Å². The Labute approximate surface area is 226 Å². The Kier molecular flexibility index (Phi) is 8.66. The van der Waals surface area contributed by atoms with Crippen molar-refractivity contribution in [2.24, 2.45) is 5.92 Å². The van der Waals surface area contributed by atoms with Crippen molar-refractivity contribution in [1.82, 2.24) is 9.97 Å². The highest BCUT2D eigenvalue weighted by Gasteiger charge is 2.34. The summed E-state index contributed by atoms with van der Waals surface area (Å²) in [6.07, 6.45) is 3.09. The number of carbonyl (C=O) groups is 2. The Morgan fingerprint density at radius 2 is 1.79 bits per heavy atom. The van der Waals surface area contributed by atoms with E-state index < -0.39 is 17.8 Å². The van der Waals surface area contributed by atoms with Crippen molar-refractivity contribution in [3.8, 4) is 28.3 Å². The number of carboxylic acids is 1. The number of carboxylic acid groups (broad SMARTS) is 1. The van der Waals surface area contributed by atoms with Crippen LogP contribution in [-0.4, -0.2) is 40.6 Å². The van der Waals surface area contributed by atoms with E-state index in [2.05, 4.69) is 11.6 Å². The number of anilines is 1. The topological polar surface area (TPSA) is 92.6 Å². The number of aliphatic carboxylic acids is 1. The van der Waals surface area contributed by atoms with E-state index in [4.69, 9.17) is 9.72 Å². The summed E-state index contributed by atoms with van der Waals surface area (Å²) in [6.45, 7) is 6.12. The standard InChI is InChI=1S/C30H29N3O4S/c1-4-22(20-11-7-6-8-12-20)25(17-28(34)35)29(36)33(5-2)30-32-26(19-38-30)24-14-10-9-13-23(24)21-15-16-27(37-3)31-18-21/h4,6-16,18-19,22,25H,1,5,17H2,2-3H3,(H,34,35)/t22-,25+/m1/s1. The highest BCUT2D eigenvalue weighted by molar-refractivity contribution is 7.14. The van der Waals surface area contributed by atoms with Crippen LogP contribution in [0.2, 0.25) is 0 Å². The molecule has 0 aliphatic carbocycles. The molecule has 0 aliphatic rings. The highest BCUT2D eigenvalue weighted by atomic mass is 32.1. The third kappa shape index (κ3) is 5.81. The van der Waals surface area contributed by atoms with Crippen LogP contribution in [-0.2, 0) is 9.59 Å². The number of hydrogen-bond donors (Lipinski definition) is 1. The molecule has 1 N–H and O–H groups in total. The molecular formula is C30H29N3O4S. The number of hydrogen-bond acceptors (Lipinski definition) is 6. The van der Waals surface area contributed by atoms with Crippen molar-refractivity contribution in [3.63, 3.8) is 0 Å². The number of allylic oxidation sites excluding steroid dienone is 1. The van der Waals surface area contributed by atoms with Crippen molar-refractivity contribution < 1.29 is 19.4 Å². The first kappa shape index (κ1) is 26.8. The monoisotopic (exact) mass is 527 g/mol. The van der Waals surface area contributed by atoms with E-state index >= 15 is 0 Å². The number of rotatable bonds is 11. The predicted molar refractivity (Wildman–Crippen MR) is 150 cm³/mol. The van der Waals surface area contributed by atoms with Crippen LogP contribution in [0.25, 0.3) is 22.4 Å². The molecule has 0 unspecified atom stereocenters. The van der Waals surface area contributed by atoms with Crippen LogP contribution in [0.4, 0.5) is 5.13 Å². The molecule has 0 fully saturated rings. The molecule has 4 aromatic rings. The van der Waals surface area contributed by atoms with Crippen molar-refractivity contribution in [2.45, 2.75) is 19.3 Å². The minimum Gasteiger partial charge on any atom is -0.481 e. The molecule has 0 radical (unpaired) electrons. The maximum absolute atomic E-state index is 13.8. The van der Waals surface area contributed by atoms with Gasteiger partial charge in [-0.25, -0.2) is 9.97 Å². The first-order valence-electron chi connectivity index (χ1n) is 12.2. The number of aromatic nitrogens is 2. The summed E-state index contributed by atoms with van der Waals surface area (Å²) < 4.78 is 5.18. The van der Waals surface area contributed by atoms with Crippen molar-refractivity contribution in [2.75, 3.05) is 18.6 Å². The zero-order valence-electron chi connectivity index (χ0n) is 21.3. The Balaban J connectivity index is 1.67. The molecule has 1 amide bonds. The molecule has 0 bridgehead atoms. The summed E-state index contributed by atoms with van der Waals surface area (Å²) in [7, 11) is 1.58. The molecule has 2 heterocycles. The number of benzene rings is 2. The van der Waals surface area contributed by atoms with Crippen LogP contribution in [0.15, 0.2) is 91.0 Å². The first-order chi connectivity index (χ1) is 18.5. The van der Waals surface area contributed by atoms with E-state index in [1.54, 1.807) is 30.3 Å². The van der Waals surface area contributed by atoms with Crippen LogP contribution in [0, 0.1) is 5.92 Å². The van der Waals surface area contributed by atoms with E-state index in [-0.39, 0.29) is 12.3 Å². The Bertz CT molecular complexity index is 1400. The number of pyridine rings is 1. The molecular weight excluding hydrogens is 498 g/mol. The zero-order chi connectivity index (χ0) is 27.1. The second-order valence-electron chi connectivity index (χ2n) is 8.61. The van der Waals surface area contributed by atoms with E-state index in [9.17, 15) is 14.7 Å². The Morgan fingerprint density at radius 3 is 2.39 bits per heavy atom. The molecule has 38 heavy (non-hydrogen) atoms. The summed E-state index contributed by atoms with van der Waals surface area (Å²) in [4.78, 5) is 36.3. The van der Waals surface area contributed by atoms with Gasteiger partial charge in [-0.05, 0) is 24.1 Å². The van der Waals surface area contributed by atoms with Crippen LogP contribution >= 0.6 is 11.3 Å². The summed E-state index contributed by atoms with van der Waals surface area (Å²) in [5.41, 5.74) is 4.34. The quantitative estimate of drug-likeness (QED) is 0.230. The first-order valence-corrected chi connectivity index (χ1v) is 13.1. The maximum Gasteiger partial charge on any atom is 0.304 e. The van der Waals surface area contributed by atoms with Gasteiger partial charge in [-0.15, -0.1) is 17.9 Å². The van der Waals surface area contributed by atoms with Crippen molar-refractivity contribution >= 4 is 28.3 Å². The van der Waals surface area contributed by atoms with Gasteiger partial charge in [-0.1, -0.05) is 60.7 Å². The lowest BCUT2D eigenvalue weighted by molar-refractivity contribution is -0.140. The van der Waals surface area contributed by atoms with Gasteiger partial charge in [-0.2, -0.15) is 0 Å². The number of ether oxygens (including phenoxy) is 1. The van der Waals surface area contributed by atoms with Crippen molar-refractivity contribution in [3.05, 3.63) is 96.5 Å². The Hall–Kier alpha value is -4.30. The van der Waals surface area contributed by atoms with Crippen LogP contribution < -0.4 is 9.64 Å². The third-order valence-electron chi connectivity index (χ3n) is 6.35. The smallest absolute Gasteiger partial charge is 0.304 e. The normalized spacial score (nSPS) is 12.4. The molecule has 7 nitrogen and oxygen atoms in total. The average molecular weight is 528 g/mol. The number of methoxy groups -OCH3 is 1. The molecule has 8 heteroatoms. The molecule has 2 aromatic heterocycles. The predicted octanol–water partition coefficient (Wildman–Crippen LogP) is 6.29. The van der Waals surface area contributed by atoms with Crippen LogP contribution in [0.3, 0.4) is 0 Å². The van der Waals surface area contributed by atoms with Gasteiger partial charge in [-0.3, -0.25) is 14.5 Å². The van der Waals surface area contributed by atoms with E-state index in [1.807, 2.05) is 73.0 Å². The fourth-order valence-electron chi connectivity index (χ4n) is 4.48. The lowest BCUT2D eigenvalue weighted by Gasteiger charge is -2.28. The van der Waals surface area contributed by atoms with Gasteiger partial charge in [0, 0.05) is 41.2 Å². The highest BCUT2D eigenvalue weighted by Crippen LogP contribution is 2.37. The van der Waals surface area contributed by atoms with Crippen molar-refractivity contribution in [1.29, 1.82) is 0 Å². The van der Waals surface area contributed by atoms with Gasteiger partial charge in [0.15, 0.2) is 5.13 Å². The largest absolute Gasteiger partial charge is 0.481 e. The van der Waals surface area contributed by atoms with Crippen LogP contribution in [0.1, 0.15) is 24.8 Å². The summed E-state index contributed by atoms with van der Waals surface area (Å²) in [5, 5.41) is 12.1. The second-order valence-corrected chi connectivity index (χ2v) is 9.45. The van der Waals surface area contributed by atoms with Crippen LogP contribution in [0.5, 0.6) is 5.88 Å². The second kappa shape index (κ2) is 12.3. The van der Waals surface area contributed by atoms with Gasteiger partial charge in [0.2, 0.25) is 11.8 Å². The summed E-state index contributed by atoms with van der Waals surface area (Å²) in [5.74, 6) is -2.07. The molecule has 0 spiro atoms. The van der Waals surface area contributed by atoms with E-state index in [0.29, 0.717) is 17.6 Å². The lowest BCUT2D eigenvalue weighted by atomic mass is 9.83. The van der Waals surface area contributed by atoms with Gasteiger partial charge < -0.3 is 9.84 Å². The zero-order valence-corrected chi connectivity index (χ0v) is 22.1. The van der Waals surface area contributed by atoms with E-state index in [0.717, 1.165) is 27.9 Å². The molecule has 4 rings (SSSR count). The minimum atomic E-state index is -1.04. The van der Waals surface area contributed by atoms with Gasteiger partial charge in [0.1, 0.15) is 0 Å². The molecule has 194 valence electrons. The molecule has 0 saturated heterocycles. The SMILES string of the molecule is C=C[C@H](c1ccccc1)[C@H](CC(=O)O)C(=O)N(CC)c1nc(-c2ccccc2-c2ccc(OC)nc2)cs1.